The SMILES string of the molecule is O=c1c2ccccc2nc(-c2cccc(C(F)(F)F)c2)n1N=Cc1c(OCc2ccc(F)cc2)ccc2ccccc12. The van der Waals surface area contributed by atoms with Gasteiger partial charge < -0.3 is 4.74 Å². The van der Waals surface area contributed by atoms with E-state index in [2.05, 4.69) is 10.1 Å². The first-order valence-corrected chi connectivity index (χ1v) is 12.9. The van der Waals surface area contributed by atoms with Crippen LogP contribution in [0, 0.1) is 5.82 Å². The summed E-state index contributed by atoms with van der Waals surface area (Å²) in [6, 6.07) is 28.3. The van der Waals surface area contributed by atoms with Gasteiger partial charge in [-0.05, 0) is 58.8 Å². The highest BCUT2D eigenvalue weighted by Gasteiger charge is 2.31. The fraction of sp³-hybridized carbons (Fsp3) is 0.0606. The van der Waals surface area contributed by atoms with Gasteiger partial charge >= 0.3 is 6.18 Å². The van der Waals surface area contributed by atoms with E-state index in [-0.39, 0.29) is 29.2 Å². The van der Waals surface area contributed by atoms with Crippen molar-refractivity contribution >= 4 is 27.9 Å². The van der Waals surface area contributed by atoms with Crippen molar-refractivity contribution in [1.29, 1.82) is 0 Å². The van der Waals surface area contributed by atoms with E-state index in [0.29, 0.717) is 16.8 Å². The number of hydrogen-bond donors (Lipinski definition) is 0. The van der Waals surface area contributed by atoms with Crippen molar-refractivity contribution < 1.29 is 22.3 Å². The number of aromatic nitrogens is 2. The molecule has 0 aliphatic carbocycles. The second kappa shape index (κ2) is 10.9. The van der Waals surface area contributed by atoms with Crippen LogP contribution in [0.4, 0.5) is 17.6 Å². The van der Waals surface area contributed by atoms with Gasteiger partial charge in [0.2, 0.25) is 0 Å². The molecule has 0 saturated heterocycles. The first kappa shape index (κ1) is 26.9. The van der Waals surface area contributed by atoms with Gasteiger partial charge in [0.1, 0.15) is 18.2 Å². The molecule has 0 fully saturated rings. The van der Waals surface area contributed by atoms with Gasteiger partial charge in [-0.25, -0.2) is 9.37 Å². The van der Waals surface area contributed by atoms with Crippen LogP contribution >= 0.6 is 0 Å². The van der Waals surface area contributed by atoms with Crippen LogP contribution in [0.5, 0.6) is 5.75 Å². The summed E-state index contributed by atoms with van der Waals surface area (Å²) < 4.78 is 61.1. The Morgan fingerprint density at radius 2 is 1.57 bits per heavy atom. The molecule has 1 aromatic heterocycles. The molecule has 6 aromatic rings. The van der Waals surface area contributed by atoms with Crippen molar-refractivity contribution in [2.45, 2.75) is 12.8 Å². The van der Waals surface area contributed by atoms with Crippen molar-refractivity contribution in [2.24, 2.45) is 5.10 Å². The molecule has 0 aliphatic rings. The van der Waals surface area contributed by atoms with Crippen LogP contribution < -0.4 is 10.3 Å². The lowest BCUT2D eigenvalue weighted by atomic mass is 10.0. The third-order valence-corrected chi connectivity index (χ3v) is 6.74. The third kappa shape index (κ3) is 5.36. The van der Waals surface area contributed by atoms with E-state index in [1.807, 2.05) is 30.3 Å². The van der Waals surface area contributed by atoms with Gasteiger partial charge in [0.25, 0.3) is 5.56 Å². The monoisotopic (exact) mass is 567 g/mol. The number of alkyl halides is 3. The number of benzene rings is 5. The minimum absolute atomic E-state index is 0.0462. The second-order valence-corrected chi connectivity index (χ2v) is 9.51. The van der Waals surface area contributed by atoms with Crippen LogP contribution in [0.15, 0.2) is 119 Å². The lowest BCUT2D eigenvalue weighted by Gasteiger charge is -2.14. The minimum atomic E-state index is -4.58. The first-order valence-electron chi connectivity index (χ1n) is 12.9. The normalized spacial score (nSPS) is 11.9. The van der Waals surface area contributed by atoms with E-state index in [1.165, 1.54) is 30.5 Å². The van der Waals surface area contributed by atoms with Gasteiger partial charge in [0.05, 0.1) is 22.7 Å². The zero-order valence-corrected chi connectivity index (χ0v) is 21.8. The highest BCUT2D eigenvalue weighted by atomic mass is 19.4. The largest absolute Gasteiger partial charge is 0.488 e. The molecule has 208 valence electrons. The number of nitrogens with zero attached hydrogens (tertiary/aromatic N) is 3. The lowest BCUT2D eigenvalue weighted by molar-refractivity contribution is -0.137. The highest BCUT2D eigenvalue weighted by Crippen LogP contribution is 2.32. The van der Waals surface area contributed by atoms with Crippen LogP contribution in [0.3, 0.4) is 0 Å². The molecule has 0 atom stereocenters. The maximum absolute atomic E-state index is 13.6. The zero-order valence-electron chi connectivity index (χ0n) is 21.8. The van der Waals surface area contributed by atoms with Gasteiger partial charge in [-0.15, -0.1) is 0 Å². The summed E-state index contributed by atoms with van der Waals surface area (Å²) in [5.41, 5.74) is 0.284. The lowest BCUT2D eigenvalue weighted by Crippen LogP contribution is -2.20. The van der Waals surface area contributed by atoms with Gasteiger partial charge in [-0.1, -0.05) is 66.7 Å². The van der Waals surface area contributed by atoms with Crippen LogP contribution in [-0.4, -0.2) is 15.9 Å². The minimum Gasteiger partial charge on any atom is -0.488 e. The molecule has 0 N–H and O–H groups in total. The number of ether oxygens (including phenoxy) is 1. The van der Waals surface area contributed by atoms with Gasteiger partial charge in [-0.2, -0.15) is 22.9 Å². The Morgan fingerprint density at radius 3 is 2.36 bits per heavy atom. The molecule has 6 rings (SSSR count). The molecule has 5 nitrogen and oxygen atoms in total. The Bertz CT molecular complexity index is 2020. The fourth-order valence-electron chi connectivity index (χ4n) is 4.64. The van der Waals surface area contributed by atoms with Crippen LogP contribution in [0.2, 0.25) is 0 Å². The van der Waals surface area contributed by atoms with Crippen molar-refractivity contribution in [3.63, 3.8) is 0 Å². The van der Waals surface area contributed by atoms with Crippen molar-refractivity contribution in [1.82, 2.24) is 9.66 Å². The van der Waals surface area contributed by atoms with E-state index in [9.17, 15) is 22.4 Å². The smallest absolute Gasteiger partial charge is 0.416 e. The molecule has 0 unspecified atom stereocenters. The van der Waals surface area contributed by atoms with E-state index in [0.717, 1.165) is 33.1 Å². The Morgan fingerprint density at radius 1 is 0.833 bits per heavy atom. The van der Waals surface area contributed by atoms with E-state index in [4.69, 9.17) is 4.74 Å². The second-order valence-electron chi connectivity index (χ2n) is 9.51. The zero-order chi connectivity index (χ0) is 29.3. The number of halogens is 4. The number of hydrogen-bond acceptors (Lipinski definition) is 4. The maximum atomic E-state index is 13.6. The average Bonchev–Trinajstić information content (AvgIpc) is 3.00. The topological polar surface area (TPSA) is 56.5 Å². The Hall–Kier alpha value is -5.31. The van der Waals surface area contributed by atoms with Gasteiger partial charge in [-0.3, -0.25) is 4.79 Å². The Balaban J connectivity index is 1.50. The van der Waals surface area contributed by atoms with E-state index < -0.39 is 17.3 Å². The summed E-state index contributed by atoms with van der Waals surface area (Å²) in [6.45, 7) is 0.145. The summed E-state index contributed by atoms with van der Waals surface area (Å²) >= 11 is 0. The van der Waals surface area contributed by atoms with Crippen molar-refractivity contribution in [3.8, 4) is 17.1 Å². The maximum Gasteiger partial charge on any atom is 0.416 e. The number of para-hydroxylation sites is 1. The molecule has 1 heterocycles. The Labute approximate surface area is 237 Å². The summed E-state index contributed by atoms with van der Waals surface area (Å²) in [5.74, 6) is 0.0440. The number of rotatable bonds is 6. The van der Waals surface area contributed by atoms with E-state index in [1.54, 1.807) is 42.5 Å². The molecular weight excluding hydrogens is 546 g/mol. The predicted molar refractivity (Wildman–Crippen MR) is 154 cm³/mol. The van der Waals surface area contributed by atoms with E-state index >= 15 is 0 Å². The third-order valence-electron chi connectivity index (χ3n) is 6.74. The molecular formula is C33H21F4N3O2. The molecule has 42 heavy (non-hydrogen) atoms. The molecule has 5 aromatic carbocycles. The van der Waals surface area contributed by atoms with Crippen LogP contribution in [0.25, 0.3) is 33.1 Å². The summed E-state index contributed by atoms with van der Waals surface area (Å²) in [5, 5.41) is 6.40. The summed E-state index contributed by atoms with van der Waals surface area (Å²) in [6.07, 6.45) is -3.14. The van der Waals surface area contributed by atoms with Crippen LogP contribution in [-0.2, 0) is 12.8 Å². The molecule has 0 amide bonds. The molecule has 0 bridgehead atoms. The van der Waals surface area contributed by atoms with Crippen molar-refractivity contribution in [2.75, 3.05) is 0 Å². The van der Waals surface area contributed by atoms with Gasteiger partial charge in [0, 0.05) is 11.1 Å². The molecule has 0 spiro atoms. The van der Waals surface area contributed by atoms with Crippen molar-refractivity contribution in [3.05, 3.63) is 142 Å². The average molecular weight is 568 g/mol. The fourth-order valence-corrected chi connectivity index (χ4v) is 4.64. The molecule has 0 radical (unpaired) electrons. The first-order chi connectivity index (χ1) is 20.3. The molecule has 0 saturated carbocycles. The highest BCUT2D eigenvalue weighted by molar-refractivity contribution is 6.02. The van der Waals surface area contributed by atoms with Gasteiger partial charge in [0.15, 0.2) is 5.82 Å². The Kier molecular flexibility index (Phi) is 7.00. The molecule has 0 aliphatic heterocycles. The number of fused-ring (bicyclic) bond motifs is 2. The molecule has 9 heteroatoms. The standard InChI is InChI=1S/C33H21F4N3O2/c34-25-15-12-21(13-16-25)20-42-30-17-14-22-6-1-2-9-26(22)28(30)19-38-40-31(23-7-5-8-24(18-23)33(35,36)37)39-29-11-4-3-10-27(29)32(40)41/h1-19H,20H2. The predicted octanol–water partition coefficient (Wildman–Crippen LogP) is 7.84. The summed E-state index contributed by atoms with van der Waals surface area (Å²) in [7, 11) is 0. The quantitative estimate of drug-likeness (QED) is 0.152. The summed E-state index contributed by atoms with van der Waals surface area (Å²) in [4.78, 5) is 18.2. The van der Waals surface area contributed by atoms with Crippen LogP contribution in [0.1, 0.15) is 16.7 Å².